The maximum Gasteiger partial charge on any atom is 0.282 e. The van der Waals surface area contributed by atoms with Crippen molar-refractivity contribution in [3.8, 4) is 0 Å². The van der Waals surface area contributed by atoms with E-state index < -0.39 is 16.7 Å². The highest BCUT2D eigenvalue weighted by Crippen LogP contribution is 2.30. The molecule has 0 saturated heterocycles. The van der Waals surface area contributed by atoms with Gasteiger partial charge in [-0.25, -0.2) is 0 Å². The van der Waals surface area contributed by atoms with Gasteiger partial charge in [0.15, 0.2) is 0 Å². The van der Waals surface area contributed by atoms with Crippen molar-refractivity contribution in [1.29, 1.82) is 0 Å². The van der Waals surface area contributed by atoms with Gasteiger partial charge in [-0.1, -0.05) is 24.3 Å². The van der Waals surface area contributed by atoms with Crippen LogP contribution >= 0.6 is 0 Å². The Hall–Kier alpha value is -3.87. The van der Waals surface area contributed by atoms with Crippen LogP contribution in [0.1, 0.15) is 26.3 Å². The second-order valence-corrected chi connectivity index (χ2v) is 5.72. The predicted octanol–water partition coefficient (Wildman–Crippen LogP) is 3.38. The number of carbonyl (C=O) groups excluding carboxylic acids is 2. The van der Waals surface area contributed by atoms with Crippen LogP contribution < -0.4 is 0 Å². The van der Waals surface area contributed by atoms with E-state index in [0.717, 1.165) is 10.4 Å². The lowest BCUT2D eigenvalue weighted by Gasteiger charge is -2.22. The van der Waals surface area contributed by atoms with Crippen molar-refractivity contribution in [2.45, 2.75) is 0 Å². The van der Waals surface area contributed by atoms with Gasteiger partial charge in [-0.15, -0.1) is 0 Å². The van der Waals surface area contributed by atoms with E-state index in [-0.39, 0.29) is 5.69 Å². The van der Waals surface area contributed by atoms with E-state index >= 15 is 0 Å². The van der Waals surface area contributed by atoms with Gasteiger partial charge in [0.05, 0.1) is 22.3 Å². The van der Waals surface area contributed by atoms with E-state index in [9.17, 15) is 19.7 Å². The lowest BCUT2D eigenvalue weighted by molar-refractivity contribution is -0.384. The van der Waals surface area contributed by atoms with Crippen LogP contribution in [0.15, 0.2) is 65.8 Å². The molecule has 1 aliphatic rings. The first-order valence-electron chi connectivity index (χ1n) is 7.75. The second-order valence-electron chi connectivity index (χ2n) is 5.72. The van der Waals surface area contributed by atoms with E-state index in [0.29, 0.717) is 22.1 Å². The van der Waals surface area contributed by atoms with Crippen molar-refractivity contribution < 1.29 is 14.5 Å². The van der Waals surface area contributed by atoms with Crippen LogP contribution in [0.3, 0.4) is 0 Å². The first-order valence-corrected chi connectivity index (χ1v) is 7.75. The predicted molar refractivity (Wildman–Crippen MR) is 95.1 cm³/mol. The van der Waals surface area contributed by atoms with E-state index in [2.05, 4.69) is 5.10 Å². The average Bonchev–Trinajstić information content (AvgIpc) is 2.66. The lowest BCUT2D eigenvalue weighted by Crippen LogP contribution is -2.36. The fourth-order valence-corrected chi connectivity index (χ4v) is 2.93. The molecule has 0 fully saturated rings. The zero-order valence-corrected chi connectivity index (χ0v) is 13.3. The van der Waals surface area contributed by atoms with Gasteiger partial charge in [0.25, 0.3) is 17.5 Å². The third-order valence-corrected chi connectivity index (χ3v) is 4.18. The highest BCUT2D eigenvalue weighted by atomic mass is 16.6. The molecule has 0 aliphatic carbocycles. The number of nitrogens with zero attached hydrogens (tertiary/aromatic N) is 3. The Balaban J connectivity index is 1.71. The van der Waals surface area contributed by atoms with Crippen molar-refractivity contribution in [2.24, 2.45) is 5.10 Å². The molecule has 1 heterocycles. The first-order chi connectivity index (χ1) is 12.6. The normalized spacial score (nSPS) is 13.6. The molecule has 126 valence electrons. The summed E-state index contributed by atoms with van der Waals surface area (Å²) in [5.74, 6) is -1.00. The molecule has 0 atom stereocenters. The number of hydrogen-bond donors (Lipinski definition) is 0. The smallest absolute Gasteiger partial charge is 0.267 e. The number of non-ortho nitro benzene ring substituents is 1. The van der Waals surface area contributed by atoms with Crippen LogP contribution in [0.25, 0.3) is 10.8 Å². The van der Waals surface area contributed by atoms with Gasteiger partial charge in [0.1, 0.15) is 0 Å². The molecule has 0 unspecified atom stereocenters. The molecule has 2 amide bonds. The molecular formula is C19H11N3O4. The Labute approximate surface area is 147 Å². The van der Waals surface area contributed by atoms with E-state index in [4.69, 9.17) is 0 Å². The average molecular weight is 345 g/mol. The molecule has 7 heteroatoms. The Kier molecular flexibility index (Phi) is 3.54. The zero-order valence-electron chi connectivity index (χ0n) is 13.3. The summed E-state index contributed by atoms with van der Waals surface area (Å²) in [4.78, 5) is 35.5. The highest BCUT2D eigenvalue weighted by molar-refractivity contribution is 6.25. The number of rotatable bonds is 3. The van der Waals surface area contributed by atoms with Gasteiger partial charge < -0.3 is 0 Å². The van der Waals surface area contributed by atoms with Crippen LogP contribution in [-0.2, 0) is 0 Å². The van der Waals surface area contributed by atoms with Crippen LogP contribution in [0.5, 0.6) is 0 Å². The highest BCUT2D eigenvalue weighted by Gasteiger charge is 2.32. The summed E-state index contributed by atoms with van der Waals surface area (Å²) in [6.07, 6.45) is 1.33. The summed E-state index contributed by atoms with van der Waals surface area (Å²) < 4.78 is 0. The Morgan fingerprint density at radius 2 is 1.46 bits per heavy atom. The number of nitro benzene ring substituents is 1. The number of amides is 2. The number of benzene rings is 3. The van der Waals surface area contributed by atoms with Gasteiger partial charge in [-0.3, -0.25) is 19.7 Å². The largest absolute Gasteiger partial charge is 0.282 e. The molecular weight excluding hydrogens is 334 g/mol. The van der Waals surface area contributed by atoms with Crippen molar-refractivity contribution in [1.82, 2.24) is 5.01 Å². The lowest BCUT2D eigenvalue weighted by atomic mass is 9.95. The molecule has 26 heavy (non-hydrogen) atoms. The maximum atomic E-state index is 12.7. The number of hydrazone groups is 1. The van der Waals surface area contributed by atoms with E-state index in [1.807, 2.05) is 12.1 Å². The third kappa shape index (κ3) is 2.42. The Morgan fingerprint density at radius 3 is 2.00 bits per heavy atom. The maximum absolute atomic E-state index is 12.7. The molecule has 7 nitrogen and oxygen atoms in total. The third-order valence-electron chi connectivity index (χ3n) is 4.18. The van der Waals surface area contributed by atoms with Crippen LogP contribution in [-0.4, -0.2) is 28.0 Å². The summed E-state index contributed by atoms with van der Waals surface area (Å²) in [6, 6.07) is 16.2. The summed E-state index contributed by atoms with van der Waals surface area (Å²) in [6.45, 7) is 0. The fourth-order valence-electron chi connectivity index (χ4n) is 2.93. The topological polar surface area (TPSA) is 92.9 Å². The molecule has 4 rings (SSSR count). The number of imide groups is 1. The van der Waals surface area contributed by atoms with Gasteiger partial charge in [0, 0.05) is 17.5 Å². The molecule has 0 saturated carbocycles. The number of hydrogen-bond acceptors (Lipinski definition) is 5. The summed E-state index contributed by atoms with van der Waals surface area (Å²) in [5, 5.41) is 17.0. The zero-order chi connectivity index (χ0) is 18.3. The van der Waals surface area contributed by atoms with Crippen molar-refractivity contribution in [3.63, 3.8) is 0 Å². The van der Waals surface area contributed by atoms with Gasteiger partial charge in [0.2, 0.25) is 0 Å². The van der Waals surface area contributed by atoms with Crippen molar-refractivity contribution >= 4 is 34.5 Å². The fraction of sp³-hybridized carbons (Fsp3) is 0. The van der Waals surface area contributed by atoms with Crippen LogP contribution in [0.2, 0.25) is 0 Å². The van der Waals surface area contributed by atoms with E-state index in [1.54, 1.807) is 24.3 Å². The molecule has 0 radical (unpaired) electrons. The first kappa shape index (κ1) is 15.6. The SMILES string of the molecule is O=C1c2cccc3cccc(c23)C(=O)N1/N=C/c1ccc([N+](=O)[O-])cc1. The Bertz CT molecular complexity index is 1050. The molecule has 0 aromatic heterocycles. The minimum absolute atomic E-state index is 0.0483. The molecule has 3 aromatic rings. The van der Waals surface area contributed by atoms with Gasteiger partial charge in [-0.2, -0.15) is 10.1 Å². The minimum Gasteiger partial charge on any atom is -0.267 e. The molecule has 3 aromatic carbocycles. The molecule has 1 aliphatic heterocycles. The van der Waals surface area contributed by atoms with Crippen molar-refractivity contribution in [2.75, 3.05) is 0 Å². The van der Waals surface area contributed by atoms with Crippen LogP contribution in [0.4, 0.5) is 5.69 Å². The van der Waals surface area contributed by atoms with Crippen LogP contribution in [0, 0.1) is 10.1 Å². The standard InChI is InChI=1S/C19H11N3O4/c23-18-15-5-1-3-13-4-2-6-16(17(13)15)19(24)21(18)20-11-12-7-9-14(10-8-12)22(25)26/h1-11H/b20-11+. The van der Waals surface area contributed by atoms with E-state index in [1.165, 1.54) is 30.5 Å². The van der Waals surface area contributed by atoms with Gasteiger partial charge in [-0.05, 0) is 35.2 Å². The monoisotopic (exact) mass is 345 g/mol. The molecule has 0 N–H and O–H groups in total. The number of nitro groups is 1. The molecule has 0 bridgehead atoms. The quantitative estimate of drug-likeness (QED) is 0.315. The minimum atomic E-state index is -0.504. The summed E-state index contributed by atoms with van der Waals surface area (Å²) >= 11 is 0. The Morgan fingerprint density at radius 1 is 0.885 bits per heavy atom. The summed E-state index contributed by atoms with van der Waals surface area (Å²) in [5.41, 5.74) is 1.32. The van der Waals surface area contributed by atoms with Crippen molar-refractivity contribution in [3.05, 3.63) is 87.5 Å². The van der Waals surface area contributed by atoms with Gasteiger partial charge >= 0.3 is 0 Å². The second kappa shape index (κ2) is 5.89. The summed E-state index contributed by atoms with van der Waals surface area (Å²) in [7, 11) is 0. The molecule has 0 spiro atoms. The number of carbonyl (C=O) groups is 2.